The van der Waals surface area contributed by atoms with E-state index in [-0.39, 0.29) is 5.69 Å². The number of hydrogen-bond acceptors (Lipinski definition) is 7. The van der Waals surface area contributed by atoms with E-state index >= 15 is 4.39 Å². The molecule has 1 aromatic carbocycles. The zero-order valence-corrected chi connectivity index (χ0v) is 21.4. The van der Waals surface area contributed by atoms with Gasteiger partial charge < -0.3 is 14.8 Å². The number of anilines is 1. The smallest absolute Gasteiger partial charge is 0.161 e. The predicted molar refractivity (Wildman–Crippen MR) is 146 cm³/mol. The van der Waals surface area contributed by atoms with E-state index in [0.717, 1.165) is 68.1 Å². The number of piperazine rings is 1. The number of H-pyrrole nitrogens is 2. The number of fused-ring (bicyclic) bond motifs is 2. The van der Waals surface area contributed by atoms with Gasteiger partial charge in [0.05, 0.1) is 28.3 Å². The van der Waals surface area contributed by atoms with Crippen LogP contribution in [-0.4, -0.2) is 86.2 Å². The van der Waals surface area contributed by atoms with Gasteiger partial charge in [-0.2, -0.15) is 5.10 Å². The number of halogens is 1. The van der Waals surface area contributed by atoms with Crippen molar-refractivity contribution in [2.45, 2.75) is 19.4 Å². The fourth-order valence-corrected chi connectivity index (χ4v) is 5.68. The second-order valence-corrected chi connectivity index (χ2v) is 10.4. The first-order valence-corrected chi connectivity index (χ1v) is 13.3. The number of aromatic amines is 2. The maximum Gasteiger partial charge on any atom is 0.161 e. The van der Waals surface area contributed by atoms with Crippen molar-refractivity contribution in [1.82, 2.24) is 39.9 Å². The Balaban J connectivity index is 1.27. The zero-order chi connectivity index (χ0) is 25.6. The summed E-state index contributed by atoms with van der Waals surface area (Å²) in [6.07, 6.45) is 7.61. The van der Waals surface area contributed by atoms with Crippen molar-refractivity contribution in [2.24, 2.45) is 0 Å². The highest BCUT2D eigenvalue weighted by Gasteiger charge is 2.23. The van der Waals surface area contributed by atoms with Crippen LogP contribution < -0.4 is 4.90 Å². The average Bonchev–Trinajstić information content (AvgIpc) is 3.69. The molecule has 5 aromatic rings. The first-order valence-electron chi connectivity index (χ1n) is 13.3. The third-order valence-electron chi connectivity index (χ3n) is 7.78. The Morgan fingerprint density at radius 3 is 2.63 bits per heavy atom. The molecule has 0 saturated carbocycles. The molecule has 2 N–H and O–H groups in total. The van der Waals surface area contributed by atoms with Crippen LogP contribution in [0, 0.1) is 5.82 Å². The quantitative estimate of drug-likeness (QED) is 0.368. The minimum atomic E-state index is -0.425. The Bertz CT molecular complexity index is 1610. The predicted octanol–water partition coefficient (Wildman–Crippen LogP) is 4.05. The van der Waals surface area contributed by atoms with E-state index in [9.17, 15) is 0 Å². The molecule has 38 heavy (non-hydrogen) atoms. The largest absolute Gasteiger partial charge is 0.367 e. The molecule has 0 aliphatic carbocycles. The van der Waals surface area contributed by atoms with Crippen LogP contribution in [0.4, 0.5) is 10.1 Å². The molecule has 0 atom stereocenters. The number of rotatable bonds is 5. The van der Waals surface area contributed by atoms with Crippen molar-refractivity contribution >= 4 is 27.6 Å². The molecule has 9 nitrogen and oxygen atoms in total. The van der Waals surface area contributed by atoms with Crippen LogP contribution in [0.5, 0.6) is 0 Å². The molecule has 10 heteroatoms. The van der Waals surface area contributed by atoms with Gasteiger partial charge in [-0.05, 0) is 56.7 Å². The average molecular weight is 512 g/mol. The molecule has 0 unspecified atom stereocenters. The molecule has 194 valence electrons. The fourth-order valence-electron chi connectivity index (χ4n) is 5.68. The van der Waals surface area contributed by atoms with E-state index in [2.05, 4.69) is 53.0 Å². The van der Waals surface area contributed by atoms with Gasteiger partial charge in [-0.3, -0.25) is 20.0 Å². The summed E-state index contributed by atoms with van der Waals surface area (Å²) in [5.74, 6) is 0.107. The minimum Gasteiger partial charge on any atom is -0.367 e. The third-order valence-corrected chi connectivity index (χ3v) is 7.78. The van der Waals surface area contributed by atoms with Gasteiger partial charge >= 0.3 is 0 Å². The molecular formula is C28H30FN9. The zero-order valence-electron chi connectivity index (χ0n) is 21.4. The highest BCUT2D eigenvalue weighted by atomic mass is 19.1. The normalized spacial score (nSPS) is 17.3. The van der Waals surface area contributed by atoms with E-state index in [1.165, 1.54) is 12.8 Å². The van der Waals surface area contributed by atoms with E-state index in [1.807, 2.05) is 24.4 Å². The molecule has 2 aliphatic rings. The summed E-state index contributed by atoms with van der Waals surface area (Å²) in [7, 11) is 2.14. The number of hydrogen-bond donors (Lipinski definition) is 2. The number of nitrogens with one attached hydrogen (secondary N) is 2. The van der Waals surface area contributed by atoms with E-state index in [1.54, 1.807) is 12.4 Å². The Kier molecular flexibility index (Phi) is 5.78. The number of aromatic nitrogens is 6. The van der Waals surface area contributed by atoms with Gasteiger partial charge in [-0.15, -0.1) is 0 Å². The Morgan fingerprint density at radius 1 is 0.947 bits per heavy atom. The van der Waals surface area contributed by atoms with Crippen molar-refractivity contribution < 1.29 is 4.39 Å². The molecule has 6 heterocycles. The Hall–Kier alpha value is -3.89. The molecule has 2 aliphatic heterocycles. The summed E-state index contributed by atoms with van der Waals surface area (Å²) >= 11 is 0. The molecule has 7 rings (SSSR count). The van der Waals surface area contributed by atoms with Gasteiger partial charge in [0.2, 0.25) is 0 Å². The highest BCUT2D eigenvalue weighted by Crippen LogP contribution is 2.34. The van der Waals surface area contributed by atoms with Crippen LogP contribution in [0.25, 0.3) is 44.7 Å². The highest BCUT2D eigenvalue weighted by molar-refractivity contribution is 5.97. The van der Waals surface area contributed by atoms with Crippen molar-refractivity contribution in [3.05, 3.63) is 54.2 Å². The van der Waals surface area contributed by atoms with Crippen LogP contribution >= 0.6 is 0 Å². The number of benzene rings is 1. The van der Waals surface area contributed by atoms with Crippen LogP contribution in [0.1, 0.15) is 18.4 Å². The number of imidazole rings is 1. The maximum absolute atomic E-state index is 16.1. The number of likely N-dealkylation sites (N-methyl/N-ethyl adjacent to an activating group) is 1. The van der Waals surface area contributed by atoms with Gasteiger partial charge in [0.25, 0.3) is 0 Å². The lowest BCUT2D eigenvalue weighted by molar-refractivity contribution is 0.313. The summed E-state index contributed by atoms with van der Waals surface area (Å²) < 4.78 is 16.1. The van der Waals surface area contributed by atoms with Gasteiger partial charge in [-0.1, -0.05) is 6.07 Å². The molecule has 0 amide bonds. The second kappa shape index (κ2) is 9.45. The van der Waals surface area contributed by atoms with Crippen molar-refractivity contribution in [2.75, 3.05) is 51.2 Å². The maximum atomic E-state index is 16.1. The van der Waals surface area contributed by atoms with Gasteiger partial charge in [0.15, 0.2) is 11.6 Å². The SMILES string of the molecule is CN1CCN(c2cccc3[nH]c(-c4n[nH]c5cnc(-c6cncc(CN7CCCC7)c6)c(F)c45)nc23)CC1. The lowest BCUT2D eigenvalue weighted by Crippen LogP contribution is -2.44. The third kappa shape index (κ3) is 4.10. The van der Waals surface area contributed by atoms with E-state index < -0.39 is 5.82 Å². The number of para-hydroxylation sites is 1. The van der Waals surface area contributed by atoms with Crippen LogP contribution in [0.2, 0.25) is 0 Å². The second-order valence-electron chi connectivity index (χ2n) is 10.4. The topological polar surface area (TPSA) is 92.9 Å². The minimum absolute atomic E-state index is 0.269. The molecule has 2 saturated heterocycles. The first-order chi connectivity index (χ1) is 18.6. The molecular weight excluding hydrogens is 481 g/mol. The van der Waals surface area contributed by atoms with Gasteiger partial charge in [0.1, 0.15) is 16.9 Å². The summed E-state index contributed by atoms with van der Waals surface area (Å²) in [6.45, 7) is 6.90. The Morgan fingerprint density at radius 2 is 1.79 bits per heavy atom. The first kappa shape index (κ1) is 23.2. The van der Waals surface area contributed by atoms with Crippen molar-refractivity contribution in [3.8, 4) is 22.8 Å². The van der Waals surface area contributed by atoms with E-state index in [4.69, 9.17) is 4.98 Å². The Labute approximate surface area is 219 Å². The lowest BCUT2D eigenvalue weighted by Gasteiger charge is -2.34. The van der Waals surface area contributed by atoms with Gasteiger partial charge in [0, 0.05) is 50.7 Å². The van der Waals surface area contributed by atoms with Crippen molar-refractivity contribution in [3.63, 3.8) is 0 Å². The summed E-state index contributed by atoms with van der Waals surface area (Å²) in [6, 6.07) is 8.13. The summed E-state index contributed by atoms with van der Waals surface area (Å²) in [5.41, 5.74) is 5.83. The van der Waals surface area contributed by atoms with E-state index in [0.29, 0.717) is 28.0 Å². The summed E-state index contributed by atoms with van der Waals surface area (Å²) in [4.78, 5) is 24.2. The lowest BCUT2D eigenvalue weighted by atomic mass is 10.1. The van der Waals surface area contributed by atoms with Crippen LogP contribution in [-0.2, 0) is 6.54 Å². The fraction of sp³-hybridized carbons (Fsp3) is 0.357. The standard InChI is InChI=1S/C28H30FN9/c1-36-9-11-38(12-10-36)22-6-4-5-20-26(22)33-28(32-20)27-23-21(34-35-27)16-31-25(24(23)29)19-13-18(14-30-15-19)17-37-7-2-3-8-37/h4-6,13-16H,2-3,7-12,17H2,1H3,(H,32,33)(H,34,35). The molecule has 0 bridgehead atoms. The van der Waals surface area contributed by atoms with Crippen molar-refractivity contribution in [1.29, 1.82) is 0 Å². The van der Waals surface area contributed by atoms with Crippen LogP contribution in [0.15, 0.2) is 42.9 Å². The number of likely N-dealkylation sites (tertiary alicyclic amines) is 1. The summed E-state index contributed by atoms with van der Waals surface area (Å²) in [5, 5.41) is 7.77. The molecule has 4 aromatic heterocycles. The van der Waals surface area contributed by atoms with Crippen LogP contribution in [0.3, 0.4) is 0 Å². The molecule has 0 radical (unpaired) electrons. The van der Waals surface area contributed by atoms with Gasteiger partial charge in [-0.25, -0.2) is 9.37 Å². The number of pyridine rings is 2. The number of nitrogens with zero attached hydrogens (tertiary/aromatic N) is 7. The monoisotopic (exact) mass is 511 g/mol. The molecule has 2 fully saturated rings. The molecule has 0 spiro atoms.